The van der Waals surface area contributed by atoms with Crippen LogP contribution in [-0.2, 0) is 19.3 Å². The Hall–Kier alpha value is -2.93. The molecule has 0 aliphatic rings. The topological polar surface area (TPSA) is 12.9 Å². The van der Waals surface area contributed by atoms with Gasteiger partial charge in [0, 0.05) is 17.5 Å². The van der Waals surface area contributed by atoms with Crippen molar-refractivity contribution in [2.75, 3.05) is 0 Å². The van der Waals surface area contributed by atoms with Crippen molar-refractivity contribution in [2.24, 2.45) is 0 Å². The summed E-state index contributed by atoms with van der Waals surface area (Å²) >= 11 is 0. The average Bonchev–Trinajstić information content (AvgIpc) is 2.76. The molecule has 0 fully saturated rings. The first-order valence-electron chi connectivity index (χ1n) is 10.8. The summed E-state index contributed by atoms with van der Waals surface area (Å²) in [4.78, 5) is 5.10. The van der Waals surface area contributed by atoms with Gasteiger partial charge in [0.15, 0.2) is 0 Å². The zero-order valence-corrected chi connectivity index (χ0v) is 17.3. The smallest absolute Gasteiger partial charge is 0.0705 e. The second-order valence-electron chi connectivity index (χ2n) is 7.90. The van der Waals surface area contributed by atoms with Crippen LogP contribution in [0.3, 0.4) is 0 Å². The lowest BCUT2D eigenvalue weighted by Gasteiger charge is -2.12. The minimum atomic E-state index is 0.872. The Kier molecular flexibility index (Phi) is 6.36. The van der Waals surface area contributed by atoms with Gasteiger partial charge in [-0.05, 0) is 59.7 Å². The number of nitrogens with zero attached hydrogens (tertiary/aromatic N) is 1. The van der Waals surface area contributed by atoms with E-state index in [-0.39, 0.29) is 0 Å². The zero-order chi connectivity index (χ0) is 19.9. The predicted molar refractivity (Wildman–Crippen MR) is 123 cm³/mol. The molecule has 1 nitrogen and oxygen atoms in total. The highest BCUT2D eigenvalue weighted by Gasteiger charge is 2.10. The molecule has 0 unspecified atom stereocenters. The highest BCUT2D eigenvalue weighted by atomic mass is 14.7. The molecule has 1 heteroatoms. The third kappa shape index (κ3) is 5.12. The van der Waals surface area contributed by atoms with Gasteiger partial charge in [-0.1, -0.05) is 86.5 Å². The van der Waals surface area contributed by atoms with Crippen molar-refractivity contribution in [1.29, 1.82) is 0 Å². The molecule has 0 aliphatic heterocycles. The van der Waals surface area contributed by atoms with E-state index >= 15 is 0 Å². The van der Waals surface area contributed by atoms with Gasteiger partial charge in [0.2, 0.25) is 0 Å². The molecule has 4 rings (SSSR count). The minimum Gasteiger partial charge on any atom is -0.252 e. The first-order valence-corrected chi connectivity index (χ1v) is 10.8. The highest BCUT2D eigenvalue weighted by Crippen LogP contribution is 2.24. The quantitative estimate of drug-likeness (QED) is 0.296. The van der Waals surface area contributed by atoms with E-state index in [0.717, 1.165) is 24.8 Å². The molecule has 0 N–H and O–H groups in total. The van der Waals surface area contributed by atoms with E-state index in [1.165, 1.54) is 52.6 Å². The van der Waals surface area contributed by atoms with E-state index in [4.69, 9.17) is 4.98 Å². The first-order chi connectivity index (χ1) is 14.3. The van der Waals surface area contributed by atoms with E-state index < -0.39 is 0 Å². The van der Waals surface area contributed by atoms with Crippen LogP contribution < -0.4 is 0 Å². The van der Waals surface area contributed by atoms with Gasteiger partial charge in [-0.15, -0.1) is 0 Å². The summed E-state index contributed by atoms with van der Waals surface area (Å²) in [6.07, 6.45) is 6.77. The van der Waals surface area contributed by atoms with Crippen LogP contribution in [0.1, 0.15) is 54.1 Å². The summed E-state index contributed by atoms with van der Waals surface area (Å²) < 4.78 is 0. The Bertz CT molecular complexity index is 1050. The molecule has 0 saturated heterocycles. The molecular weight excluding hydrogens is 350 g/mol. The number of unbranched alkanes of at least 4 members (excludes halogenated alkanes) is 2. The largest absolute Gasteiger partial charge is 0.252 e. The van der Waals surface area contributed by atoms with Crippen molar-refractivity contribution in [2.45, 2.75) is 45.4 Å². The molecule has 146 valence electrons. The second-order valence-corrected chi connectivity index (χ2v) is 7.90. The fourth-order valence-electron chi connectivity index (χ4n) is 3.96. The van der Waals surface area contributed by atoms with Gasteiger partial charge in [0.1, 0.15) is 0 Å². The molecule has 0 saturated carbocycles. The van der Waals surface area contributed by atoms with Crippen molar-refractivity contribution >= 4 is 10.9 Å². The number of pyridine rings is 1. The Labute approximate surface area is 174 Å². The summed E-state index contributed by atoms with van der Waals surface area (Å²) in [5, 5.41) is 1.27. The molecule has 1 heterocycles. The number of hydrogen-bond donors (Lipinski definition) is 0. The Balaban J connectivity index is 1.70. The number of hydrogen-bond acceptors (Lipinski definition) is 1. The molecule has 0 radical (unpaired) electrons. The maximum absolute atomic E-state index is 5.10. The Morgan fingerprint density at radius 1 is 0.655 bits per heavy atom. The summed E-state index contributed by atoms with van der Waals surface area (Å²) in [6.45, 7) is 2.26. The van der Waals surface area contributed by atoms with E-state index in [1.54, 1.807) is 0 Å². The van der Waals surface area contributed by atoms with Gasteiger partial charge >= 0.3 is 0 Å². The molecule has 0 spiro atoms. The summed E-state index contributed by atoms with van der Waals surface area (Å²) in [6, 6.07) is 30.6. The van der Waals surface area contributed by atoms with Crippen LogP contribution in [0.25, 0.3) is 10.9 Å². The van der Waals surface area contributed by atoms with Crippen LogP contribution in [0.4, 0.5) is 0 Å². The van der Waals surface area contributed by atoms with E-state index in [0.29, 0.717) is 0 Å². The minimum absolute atomic E-state index is 0.872. The maximum atomic E-state index is 5.10. The van der Waals surface area contributed by atoms with Gasteiger partial charge in [0.05, 0.1) is 5.52 Å². The summed E-state index contributed by atoms with van der Waals surface area (Å²) in [5.41, 5.74) is 7.69. The second kappa shape index (κ2) is 9.52. The molecule has 0 bridgehead atoms. The van der Waals surface area contributed by atoms with Crippen molar-refractivity contribution in [3.63, 3.8) is 0 Å². The molecule has 1 aromatic heterocycles. The Morgan fingerprint density at radius 3 is 2.03 bits per heavy atom. The van der Waals surface area contributed by atoms with Crippen molar-refractivity contribution in [3.05, 3.63) is 113 Å². The molecule has 0 amide bonds. The highest BCUT2D eigenvalue weighted by molar-refractivity contribution is 5.80. The lowest BCUT2D eigenvalue weighted by atomic mass is 9.96. The van der Waals surface area contributed by atoms with Crippen LogP contribution in [-0.4, -0.2) is 4.98 Å². The number of fused-ring (bicyclic) bond motifs is 1. The molecule has 29 heavy (non-hydrogen) atoms. The third-order valence-electron chi connectivity index (χ3n) is 5.57. The van der Waals surface area contributed by atoms with Gasteiger partial charge in [-0.3, -0.25) is 4.98 Å². The van der Waals surface area contributed by atoms with Gasteiger partial charge in [-0.2, -0.15) is 0 Å². The molecule has 0 aliphatic carbocycles. The molecule has 0 atom stereocenters. The van der Waals surface area contributed by atoms with E-state index in [2.05, 4.69) is 91.9 Å². The van der Waals surface area contributed by atoms with Crippen molar-refractivity contribution < 1.29 is 0 Å². The summed E-state index contributed by atoms with van der Waals surface area (Å²) in [5.74, 6) is 0. The average molecular weight is 380 g/mol. The lowest BCUT2D eigenvalue weighted by molar-refractivity contribution is 0.718. The number of rotatable bonds is 8. The number of aromatic nitrogens is 1. The molecule has 4 aromatic rings. The molecular formula is C28H29N. The van der Waals surface area contributed by atoms with Crippen molar-refractivity contribution in [3.8, 4) is 0 Å². The standard InChI is InChI=1S/C28H29N/c1-2-3-6-11-24-16-17-27-25(19-24)21-26(18-22-12-7-4-8-13-22)28(29-27)20-23-14-9-5-10-15-23/h4-5,7-10,12-17,19,21H,2-3,6,11,18,20H2,1H3. The van der Waals surface area contributed by atoms with Gasteiger partial charge in [0.25, 0.3) is 0 Å². The summed E-state index contributed by atoms with van der Waals surface area (Å²) in [7, 11) is 0. The fraction of sp³-hybridized carbons (Fsp3) is 0.250. The normalized spacial score (nSPS) is 11.1. The van der Waals surface area contributed by atoms with E-state index in [9.17, 15) is 0 Å². The van der Waals surface area contributed by atoms with Crippen LogP contribution in [0, 0.1) is 0 Å². The zero-order valence-electron chi connectivity index (χ0n) is 17.3. The predicted octanol–water partition coefficient (Wildman–Crippen LogP) is 7.15. The maximum Gasteiger partial charge on any atom is 0.0705 e. The van der Waals surface area contributed by atoms with E-state index in [1.807, 2.05) is 0 Å². The monoisotopic (exact) mass is 379 g/mol. The van der Waals surface area contributed by atoms with Crippen molar-refractivity contribution in [1.82, 2.24) is 4.98 Å². The number of aryl methyl sites for hydroxylation is 1. The Morgan fingerprint density at radius 2 is 1.34 bits per heavy atom. The lowest BCUT2D eigenvalue weighted by Crippen LogP contribution is -2.02. The SMILES string of the molecule is CCCCCc1ccc2nc(Cc3ccccc3)c(Cc3ccccc3)cc2c1. The number of benzene rings is 3. The van der Waals surface area contributed by atoms with Gasteiger partial charge in [-0.25, -0.2) is 0 Å². The van der Waals surface area contributed by atoms with Crippen LogP contribution in [0.5, 0.6) is 0 Å². The van der Waals surface area contributed by atoms with Crippen LogP contribution in [0.15, 0.2) is 84.9 Å². The molecule has 3 aromatic carbocycles. The van der Waals surface area contributed by atoms with Crippen LogP contribution >= 0.6 is 0 Å². The fourth-order valence-corrected chi connectivity index (χ4v) is 3.96. The first kappa shape index (κ1) is 19.4. The van der Waals surface area contributed by atoms with Gasteiger partial charge < -0.3 is 0 Å². The van der Waals surface area contributed by atoms with Crippen LogP contribution in [0.2, 0.25) is 0 Å². The third-order valence-corrected chi connectivity index (χ3v) is 5.57.